The van der Waals surface area contributed by atoms with Crippen molar-refractivity contribution >= 4 is 12.2 Å². The highest BCUT2D eigenvalue weighted by atomic mass is 16.6. The summed E-state index contributed by atoms with van der Waals surface area (Å²) in [5, 5.41) is 0. The summed E-state index contributed by atoms with van der Waals surface area (Å²) in [6, 6.07) is 48.2. The highest BCUT2D eigenvalue weighted by molar-refractivity contribution is 5.70. The van der Waals surface area contributed by atoms with Crippen molar-refractivity contribution in [3.63, 3.8) is 0 Å². The molecule has 0 N–H and O–H groups in total. The summed E-state index contributed by atoms with van der Waals surface area (Å²) in [7, 11) is 0. The Hall–Kier alpha value is -5.56. The van der Waals surface area contributed by atoms with Gasteiger partial charge in [-0.2, -0.15) is 0 Å². The van der Waals surface area contributed by atoms with Gasteiger partial charge in [-0.3, -0.25) is 9.80 Å². The molecule has 350 valence electrons. The smallest absolute Gasteiger partial charge is 0.412 e. The van der Waals surface area contributed by atoms with Crippen LogP contribution in [0.15, 0.2) is 152 Å². The summed E-state index contributed by atoms with van der Waals surface area (Å²) >= 11 is 0. The van der Waals surface area contributed by atoms with Crippen molar-refractivity contribution in [3.05, 3.63) is 179 Å². The molecule has 6 atom stereocenters. The van der Waals surface area contributed by atoms with E-state index in [-0.39, 0.29) is 39.1 Å². The number of likely N-dealkylation sites (tertiary alicyclic amines) is 1. The van der Waals surface area contributed by atoms with Crippen LogP contribution in [0, 0.1) is 0 Å². The van der Waals surface area contributed by atoms with Gasteiger partial charge in [0.1, 0.15) is 36.2 Å². The van der Waals surface area contributed by atoms with Crippen molar-refractivity contribution in [2.45, 2.75) is 135 Å². The van der Waals surface area contributed by atoms with Crippen molar-refractivity contribution in [2.75, 3.05) is 13.2 Å². The second-order valence-electron chi connectivity index (χ2n) is 18.6. The molecule has 0 bridgehead atoms. The van der Waals surface area contributed by atoms with Gasteiger partial charge in [0.05, 0.1) is 57.8 Å². The summed E-state index contributed by atoms with van der Waals surface area (Å²) < 4.78 is 46.2. The molecule has 2 amide bonds. The van der Waals surface area contributed by atoms with E-state index in [1.165, 1.54) is 0 Å². The fraction of sp³-hybridized carbons (Fsp3) is 0.418. The van der Waals surface area contributed by atoms with Crippen LogP contribution in [0.5, 0.6) is 0 Å². The molecule has 0 unspecified atom stereocenters. The number of carbonyl (C=O) groups is 2. The molecular weight excluding hydrogens is 833 g/mol. The Morgan fingerprint density at radius 3 is 1.45 bits per heavy atom. The number of amides is 2. The minimum absolute atomic E-state index is 0.0683. The standard InChI is InChI=1S/C55H66N2O9/c1-54(2,3)66-53(59)57-46(39-65-55(57,4)5)32-21-33-47-49(61-35-42-24-13-7-14-25-42)51(63-37-44-28-17-9-18-29-44)50(62-36-43-26-15-8-16-27-43)48(40-60-34-41-22-11-6-12-23-41)56(47)52(58)64-38-45-30-19-10-20-31-45/h6-20,22-31,46-51H,21,32-40H2,1-5H3/t46-,47-,48-,49-,50-,51+/m0/s1. The molecule has 2 heterocycles. The zero-order chi connectivity index (χ0) is 46.4. The number of hydrogen-bond donors (Lipinski definition) is 0. The average molecular weight is 899 g/mol. The summed E-state index contributed by atoms with van der Waals surface area (Å²) in [5.74, 6) is 0. The second-order valence-corrected chi connectivity index (χ2v) is 18.6. The molecule has 0 radical (unpaired) electrons. The van der Waals surface area contributed by atoms with Crippen molar-refractivity contribution < 1.29 is 42.7 Å². The average Bonchev–Trinajstić information content (AvgIpc) is 3.63. The van der Waals surface area contributed by atoms with E-state index in [1.807, 2.05) is 191 Å². The minimum Gasteiger partial charge on any atom is -0.445 e. The highest BCUT2D eigenvalue weighted by Gasteiger charge is 2.54. The summed E-state index contributed by atoms with van der Waals surface area (Å²) in [5.41, 5.74) is 3.25. The summed E-state index contributed by atoms with van der Waals surface area (Å²) in [6.45, 7) is 11.0. The highest BCUT2D eigenvalue weighted by Crippen LogP contribution is 2.38. The van der Waals surface area contributed by atoms with Crippen LogP contribution in [0.25, 0.3) is 0 Å². The van der Waals surface area contributed by atoms with E-state index in [0.29, 0.717) is 32.5 Å². The van der Waals surface area contributed by atoms with E-state index < -0.39 is 53.9 Å². The topological polar surface area (TPSA) is 105 Å². The van der Waals surface area contributed by atoms with E-state index in [1.54, 1.807) is 4.90 Å². The minimum atomic E-state index is -0.868. The van der Waals surface area contributed by atoms with Crippen molar-refractivity contribution in [1.82, 2.24) is 9.80 Å². The number of hydrogen-bond acceptors (Lipinski definition) is 9. The van der Waals surface area contributed by atoms with Crippen LogP contribution in [0.1, 0.15) is 81.7 Å². The lowest BCUT2D eigenvalue weighted by Gasteiger charge is -2.52. The van der Waals surface area contributed by atoms with Crippen LogP contribution in [0.4, 0.5) is 9.59 Å². The predicted octanol–water partition coefficient (Wildman–Crippen LogP) is 10.9. The number of nitrogens with zero attached hydrogens (tertiary/aromatic N) is 2. The lowest BCUT2D eigenvalue weighted by atomic mass is 9.84. The first kappa shape index (κ1) is 48.4. The first-order chi connectivity index (χ1) is 31.9. The van der Waals surface area contributed by atoms with Gasteiger partial charge in [-0.05, 0) is 81.7 Å². The van der Waals surface area contributed by atoms with E-state index >= 15 is 4.79 Å². The molecule has 7 rings (SSSR count). The summed E-state index contributed by atoms with van der Waals surface area (Å²) in [6.07, 6.45) is -1.37. The largest absolute Gasteiger partial charge is 0.445 e. The van der Waals surface area contributed by atoms with Gasteiger partial charge in [0.25, 0.3) is 0 Å². The molecule has 2 saturated heterocycles. The molecule has 2 aliphatic heterocycles. The molecule has 66 heavy (non-hydrogen) atoms. The lowest BCUT2D eigenvalue weighted by Crippen LogP contribution is -2.70. The molecule has 11 nitrogen and oxygen atoms in total. The molecule has 0 aromatic heterocycles. The molecule has 5 aromatic carbocycles. The molecule has 0 spiro atoms. The van der Waals surface area contributed by atoms with Gasteiger partial charge in [-0.25, -0.2) is 9.59 Å². The number of rotatable bonds is 19. The van der Waals surface area contributed by atoms with Gasteiger partial charge >= 0.3 is 12.2 Å². The zero-order valence-electron chi connectivity index (χ0n) is 39.0. The lowest BCUT2D eigenvalue weighted by molar-refractivity contribution is -0.224. The third-order valence-electron chi connectivity index (χ3n) is 12.0. The van der Waals surface area contributed by atoms with Gasteiger partial charge in [-0.1, -0.05) is 152 Å². The molecule has 0 aliphatic carbocycles. The van der Waals surface area contributed by atoms with Crippen LogP contribution in [-0.4, -0.2) is 83.0 Å². The maximum Gasteiger partial charge on any atom is 0.412 e. The molecular formula is C55H66N2O9. The van der Waals surface area contributed by atoms with Crippen molar-refractivity contribution in [3.8, 4) is 0 Å². The Bertz CT molecular complexity index is 2210. The maximum atomic E-state index is 15.1. The Balaban J connectivity index is 1.28. The Morgan fingerprint density at radius 1 is 0.561 bits per heavy atom. The van der Waals surface area contributed by atoms with Crippen LogP contribution < -0.4 is 0 Å². The Labute approximate surface area is 390 Å². The van der Waals surface area contributed by atoms with Crippen LogP contribution >= 0.6 is 0 Å². The van der Waals surface area contributed by atoms with E-state index in [2.05, 4.69) is 0 Å². The van der Waals surface area contributed by atoms with Crippen LogP contribution in [0.2, 0.25) is 0 Å². The number of carbonyl (C=O) groups excluding carboxylic acids is 2. The third kappa shape index (κ3) is 13.5. The quantitative estimate of drug-likeness (QED) is 0.0801. The van der Waals surface area contributed by atoms with Gasteiger partial charge < -0.3 is 33.2 Å². The Kier molecular flexibility index (Phi) is 17.0. The second kappa shape index (κ2) is 23.3. The van der Waals surface area contributed by atoms with E-state index in [9.17, 15) is 4.79 Å². The van der Waals surface area contributed by atoms with Crippen LogP contribution in [-0.2, 0) is 66.2 Å². The van der Waals surface area contributed by atoms with Crippen molar-refractivity contribution in [1.29, 1.82) is 0 Å². The van der Waals surface area contributed by atoms with Crippen LogP contribution in [0.3, 0.4) is 0 Å². The first-order valence-corrected chi connectivity index (χ1v) is 23.2. The zero-order valence-corrected chi connectivity index (χ0v) is 39.0. The predicted molar refractivity (Wildman–Crippen MR) is 253 cm³/mol. The molecule has 0 saturated carbocycles. The van der Waals surface area contributed by atoms with Gasteiger partial charge in [0, 0.05) is 0 Å². The fourth-order valence-electron chi connectivity index (χ4n) is 8.84. The summed E-state index contributed by atoms with van der Waals surface area (Å²) in [4.78, 5) is 32.4. The fourth-order valence-corrected chi connectivity index (χ4v) is 8.84. The normalized spacial score (nSPS) is 21.7. The van der Waals surface area contributed by atoms with Gasteiger partial charge in [-0.15, -0.1) is 0 Å². The monoisotopic (exact) mass is 898 g/mol. The van der Waals surface area contributed by atoms with E-state index in [4.69, 9.17) is 33.2 Å². The molecule has 5 aromatic rings. The van der Waals surface area contributed by atoms with E-state index in [0.717, 1.165) is 27.8 Å². The molecule has 2 fully saturated rings. The number of ether oxygens (including phenoxy) is 7. The first-order valence-electron chi connectivity index (χ1n) is 23.2. The number of piperidine rings is 1. The molecule has 11 heteroatoms. The number of benzene rings is 5. The Morgan fingerprint density at radius 2 is 0.985 bits per heavy atom. The van der Waals surface area contributed by atoms with Gasteiger partial charge in [0.15, 0.2) is 0 Å². The molecule has 2 aliphatic rings. The van der Waals surface area contributed by atoms with Gasteiger partial charge in [0.2, 0.25) is 0 Å². The van der Waals surface area contributed by atoms with Crippen molar-refractivity contribution in [2.24, 2.45) is 0 Å². The SMILES string of the molecule is CC(C)(C)OC(=O)N1[C@@H](CCC[C@H]2[C@H](OCc3ccccc3)[C@@H](OCc3ccccc3)[C@@H](OCc3ccccc3)[C@H](COCc3ccccc3)N2C(=O)OCc2ccccc2)COC1(C)C. The third-order valence-corrected chi connectivity index (χ3v) is 12.0. The maximum absolute atomic E-state index is 15.1.